The molecule has 5 nitrogen and oxygen atoms in total. The summed E-state index contributed by atoms with van der Waals surface area (Å²) < 4.78 is 12.6. The molecule has 7 heteroatoms. The molecule has 2 fully saturated rings. The number of thiazole rings is 1. The van der Waals surface area contributed by atoms with Gasteiger partial charge in [0.05, 0.1) is 28.5 Å². The number of ether oxygens (including phenoxy) is 2. The average molecular weight is 367 g/mol. The first-order valence-corrected chi connectivity index (χ1v) is 9.35. The molecule has 4 rings (SSSR count). The van der Waals surface area contributed by atoms with Gasteiger partial charge in [0.1, 0.15) is 0 Å². The molecule has 1 spiro atoms. The minimum atomic E-state index is -0.272. The molecular weight excluding hydrogens is 348 g/mol. The zero-order valence-electron chi connectivity index (χ0n) is 13.5. The Morgan fingerprint density at radius 2 is 2.21 bits per heavy atom. The molecule has 0 radical (unpaired) electrons. The number of nitrogens with zero attached hydrogens (tertiary/aromatic N) is 2. The first kappa shape index (κ1) is 16.3. The predicted octanol–water partition coefficient (Wildman–Crippen LogP) is 3.36. The summed E-state index contributed by atoms with van der Waals surface area (Å²) in [5, 5.41) is 1.15. The number of benzene rings is 1. The maximum atomic E-state index is 13.0. The number of fused-ring (bicyclic) bond motifs is 1. The molecule has 0 bridgehead atoms. The maximum absolute atomic E-state index is 13.0. The molecule has 2 aromatic rings. The highest BCUT2D eigenvalue weighted by Crippen LogP contribution is 2.33. The van der Waals surface area contributed by atoms with Gasteiger partial charge in [0, 0.05) is 37.6 Å². The lowest BCUT2D eigenvalue weighted by molar-refractivity contribution is -0.176. The van der Waals surface area contributed by atoms with Crippen molar-refractivity contribution in [2.24, 2.45) is 0 Å². The van der Waals surface area contributed by atoms with E-state index in [0.717, 1.165) is 23.1 Å². The largest absolute Gasteiger partial charge is 0.381 e. The van der Waals surface area contributed by atoms with E-state index in [1.807, 2.05) is 24.0 Å². The van der Waals surface area contributed by atoms with Crippen LogP contribution in [0, 0.1) is 0 Å². The van der Waals surface area contributed by atoms with Crippen LogP contribution in [-0.2, 0) is 9.47 Å². The van der Waals surface area contributed by atoms with Gasteiger partial charge >= 0.3 is 0 Å². The van der Waals surface area contributed by atoms with Gasteiger partial charge in [-0.25, -0.2) is 4.98 Å². The Morgan fingerprint density at radius 3 is 3.00 bits per heavy atom. The van der Waals surface area contributed by atoms with E-state index in [0.29, 0.717) is 36.3 Å². The lowest BCUT2D eigenvalue weighted by atomic mass is 9.91. The zero-order valence-corrected chi connectivity index (χ0v) is 15.0. The Labute approximate surface area is 149 Å². The van der Waals surface area contributed by atoms with Crippen molar-refractivity contribution in [1.29, 1.82) is 0 Å². The lowest BCUT2D eigenvalue weighted by Gasteiger charge is -2.47. The number of hydrogen-bond donors (Lipinski definition) is 0. The van der Waals surface area contributed by atoms with Crippen molar-refractivity contribution in [3.05, 3.63) is 28.2 Å². The predicted molar refractivity (Wildman–Crippen MR) is 93.9 cm³/mol. The van der Waals surface area contributed by atoms with Crippen LogP contribution in [0.15, 0.2) is 18.2 Å². The fourth-order valence-corrected chi connectivity index (χ4v) is 4.61. The molecule has 1 aromatic heterocycles. The third kappa shape index (κ3) is 3.04. The molecule has 1 amide bonds. The van der Waals surface area contributed by atoms with Gasteiger partial charge < -0.3 is 14.4 Å². The van der Waals surface area contributed by atoms with Crippen LogP contribution in [0.25, 0.3) is 10.2 Å². The molecule has 0 N–H and O–H groups in total. The molecule has 0 saturated carbocycles. The smallest absolute Gasteiger partial charge is 0.283 e. The summed E-state index contributed by atoms with van der Waals surface area (Å²) in [6.45, 7) is 4.60. The molecule has 24 heavy (non-hydrogen) atoms. The van der Waals surface area contributed by atoms with Crippen LogP contribution in [0.4, 0.5) is 0 Å². The first-order chi connectivity index (χ1) is 11.5. The van der Waals surface area contributed by atoms with Gasteiger partial charge in [0.25, 0.3) is 5.91 Å². The maximum Gasteiger partial charge on any atom is 0.283 e. The second-order valence-corrected chi connectivity index (χ2v) is 8.01. The molecule has 3 heterocycles. The summed E-state index contributed by atoms with van der Waals surface area (Å²) >= 11 is 7.43. The normalized spacial score (nSPS) is 23.8. The van der Waals surface area contributed by atoms with Crippen molar-refractivity contribution in [2.75, 3.05) is 26.3 Å². The van der Waals surface area contributed by atoms with E-state index < -0.39 is 0 Å². The van der Waals surface area contributed by atoms with Crippen LogP contribution in [0.5, 0.6) is 0 Å². The van der Waals surface area contributed by atoms with Crippen LogP contribution in [0.2, 0.25) is 5.02 Å². The molecule has 2 aliphatic heterocycles. The van der Waals surface area contributed by atoms with Gasteiger partial charge in [-0.05, 0) is 25.1 Å². The van der Waals surface area contributed by atoms with Crippen LogP contribution < -0.4 is 0 Å². The van der Waals surface area contributed by atoms with Crippen LogP contribution in [0.3, 0.4) is 0 Å². The van der Waals surface area contributed by atoms with Gasteiger partial charge in [-0.3, -0.25) is 4.79 Å². The molecule has 2 saturated heterocycles. The molecule has 1 aromatic carbocycles. The molecule has 1 atom stereocenters. The SMILES string of the molecule is CC1CN(C(=O)c2nc3cc(Cl)ccc3s2)CC2(CCOCC2)O1. The summed E-state index contributed by atoms with van der Waals surface area (Å²) in [5.74, 6) is -0.0201. The van der Waals surface area contributed by atoms with E-state index in [2.05, 4.69) is 4.98 Å². The topological polar surface area (TPSA) is 51.7 Å². The van der Waals surface area contributed by atoms with E-state index in [1.165, 1.54) is 11.3 Å². The van der Waals surface area contributed by atoms with Crippen LogP contribution in [0.1, 0.15) is 29.6 Å². The summed E-state index contributed by atoms with van der Waals surface area (Å²) in [5.41, 5.74) is 0.504. The van der Waals surface area contributed by atoms with E-state index in [4.69, 9.17) is 21.1 Å². The summed E-state index contributed by atoms with van der Waals surface area (Å²) in [4.78, 5) is 19.4. The number of amides is 1. The number of halogens is 1. The van der Waals surface area contributed by atoms with Crippen molar-refractivity contribution in [1.82, 2.24) is 9.88 Å². The third-order valence-corrected chi connectivity index (χ3v) is 5.89. The Bertz CT molecular complexity index is 772. The highest BCUT2D eigenvalue weighted by Gasteiger charge is 2.42. The Balaban J connectivity index is 1.59. The second-order valence-electron chi connectivity index (χ2n) is 6.54. The quantitative estimate of drug-likeness (QED) is 0.776. The Morgan fingerprint density at radius 1 is 1.42 bits per heavy atom. The van der Waals surface area contributed by atoms with Gasteiger partial charge in [-0.2, -0.15) is 0 Å². The van der Waals surface area contributed by atoms with Crippen molar-refractivity contribution >= 4 is 39.1 Å². The van der Waals surface area contributed by atoms with Crippen molar-refractivity contribution in [2.45, 2.75) is 31.5 Å². The van der Waals surface area contributed by atoms with E-state index in [-0.39, 0.29) is 17.6 Å². The Hall–Kier alpha value is -1.21. The number of carbonyl (C=O) groups excluding carboxylic acids is 1. The minimum Gasteiger partial charge on any atom is -0.381 e. The van der Waals surface area contributed by atoms with Gasteiger partial charge in [0.2, 0.25) is 0 Å². The number of carbonyl (C=O) groups is 1. The number of hydrogen-bond acceptors (Lipinski definition) is 5. The summed E-state index contributed by atoms with van der Waals surface area (Å²) in [6.07, 6.45) is 1.68. The number of morpholine rings is 1. The highest BCUT2D eigenvalue weighted by molar-refractivity contribution is 7.20. The summed E-state index contributed by atoms with van der Waals surface area (Å²) in [6, 6.07) is 5.53. The Kier molecular flexibility index (Phi) is 4.24. The van der Waals surface area contributed by atoms with Crippen molar-refractivity contribution in [3.8, 4) is 0 Å². The van der Waals surface area contributed by atoms with Gasteiger partial charge in [0.15, 0.2) is 5.01 Å². The molecular formula is C17H19ClN2O3S. The van der Waals surface area contributed by atoms with E-state index in [9.17, 15) is 4.79 Å². The fourth-order valence-electron chi connectivity index (χ4n) is 3.53. The van der Waals surface area contributed by atoms with E-state index in [1.54, 1.807) is 6.07 Å². The van der Waals surface area contributed by atoms with Gasteiger partial charge in [-0.1, -0.05) is 11.6 Å². The first-order valence-electron chi connectivity index (χ1n) is 8.16. The lowest BCUT2D eigenvalue weighted by Crippen LogP contribution is -2.58. The average Bonchev–Trinajstić information content (AvgIpc) is 2.97. The number of rotatable bonds is 1. The molecule has 0 aliphatic carbocycles. The highest BCUT2D eigenvalue weighted by atomic mass is 35.5. The van der Waals surface area contributed by atoms with Gasteiger partial charge in [-0.15, -0.1) is 11.3 Å². The molecule has 1 unspecified atom stereocenters. The third-order valence-electron chi connectivity index (χ3n) is 4.63. The van der Waals surface area contributed by atoms with Crippen LogP contribution in [-0.4, -0.2) is 53.8 Å². The zero-order chi connectivity index (χ0) is 16.7. The molecule has 128 valence electrons. The standard InChI is InChI=1S/C17H19ClN2O3S/c1-11-9-20(10-17(23-11)4-6-22-7-5-17)16(21)15-19-13-8-12(18)2-3-14(13)24-15/h2-3,8,11H,4-7,9-10H2,1H3. The summed E-state index contributed by atoms with van der Waals surface area (Å²) in [7, 11) is 0. The fraction of sp³-hybridized carbons (Fsp3) is 0.529. The molecule has 2 aliphatic rings. The van der Waals surface area contributed by atoms with Crippen molar-refractivity contribution in [3.63, 3.8) is 0 Å². The monoisotopic (exact) mass is 366 g/mol. The van der Waals surface area contributed by atoms with Crippen LogP contribution >= 0.6 is 22.9 Å². The number of aromatic nitrogens is 1. The minimum absolute atomic E-state index is 0.0182. The van der Waals surface area contributed by atoms with Crippen molar-refractivity contribution < 1.29 is 14.3 Å². The second kappa shape index (κ2) is 6.26. The van der Waals surface area contributed by atoms with E-state index >= 15 is 0 Å².